The van der Waals surface area contributed by atoms with E-state index in [0.29, 0.717) is 16.7 Å². The van der Waals surface area contributed by atoms with Crippen molar-refractivity contribution >= 4 is 18.6 Å². The molecule has 1 heterocycles. The highest BCUT2D eigenvalue weighted by atomic mass is 16.7. The molecule has 0 N–H and O–H groups in total. The third kappa shape index (κ3) is 4.53. The number of carbonyl (C=O) groups is 1. The summed E-state index contributed by atoms with van der Waals surface area (Å²) < 4.78 is 12.4. The summed E-state index contributed by atoms with van der Waals surface area (Å²) in [5.41, 5.74) is 2.08. The largest absolute Gasteiger partial charge is 0.495 e. The summed E-state index contributed by atoms with van der Waals surface area (Å²) in [6.07, 6.45) is 9.05. The number of nitrogens with zero attached hydrogens (tertiary/aromatic N) is 1. The van der Waals surface area contributed by atoms with E-state index in [1.165, 1.54) is 24.3 Å². The number of non-ortho nitro benzene ring substituents is 1. The maximum Gasteiger partial charge on any atom is 0.495 e. The van der Waals surface area contributed by atoms with Crippen LogP contribution in [0.2, 0.25) is 0 Å². The average molecular weight is 419 g/mol. The molecule has 3 rings (SSSR count). The Balaban J connectivity index is 1.92. The van der Waals surface area contributed by atoms with E-state index in [4.69, 9.17) is 9.31 Å². The number of nitro benzene ring substituents is 1. The molecule has 2 aliphatic rings. The summed E-state index contributed by atoms with van der Waals surface area (Å²) in [4.78, 5) is 23.4. The molecule has 6 nitrogen and oxygen atoms in total. The van der Waals surface area contributed by atoms with Crippen molar-refractivity contribution in [2.75, 3.05) is 0 Å². The lowest BCUT2D eigenvalue weighted by atomic mass is 9.73. The van der Waals surface area contributed by atoms with Crippen LogP contribution in [0.4, 0.5) is 5.69 Å². The molecule has 0 bridgehead atoms. The molecule has 1 fully saturated rings. The summed E-state index contributed by atoms with van der Waals surface area (Å²) in [5.74, 6) is -0.257. The van der Waals surface area contributed by atoms with Crippen LogP contribution in [-0.4, -0.2) is 29.0 Å². The summed E-state index contributed by atoms with van der Waals surface area (Å²) in [6, 6.07) is 5.55. The molecule has 1 aromatic carbocycles. The van der Waals surface area contributed by atoms with Crippen molar-refractivity contribution in [3.05, 3.63) is 99.1 Å². The van der Waals surface area contributed by atoms with Crippen LogP contribution in [0, 0.1) is 10.1 Å². The standard InChI is InChI=1S/C24H26BNO5/c1-16-8-7-9-21(25-30-23(3,4)24(5,6)31-25)17(2)10-15-20(16)22(27)18-11-13-19(14-12-18)26(28)29/h7-15H,1H2,2-6H3/b8-7-,17-10+,20-15+,21-9+. The molecule has 31 heavy (non-hydrogen) atoms. The Morgan fingerprint density at radius 3 is 2.16 bits per heavy atom. The molecule has 7 heteroatoms. The maximum absolute atomic E-state index is 13.1. The molecule has 1 aliphatic heterocycles. The van der Waals surface area contributed by atoms with Crippen LogP contribution in [0.5, 0.6) is 0 Å². The van der Waals surface area contributed by atoms with Gasteiger partial charge in [-0.25, -0.2) is 0 Å². The van der Waals surface area contributed by atoms with Crippen LogP contribution in [0.3, 0.4) is 0 Å². The van der Waals surface area contributed by atoms with Gasteiger partial charge in [-0.1, -0.05) is 42.5 Å². The number of carbonyl (C=O) groups excluding carboxylic acids is 1. The van der Waals surface area contributed by atoms with E-state index < -0.39 is 23.2 Å². The Morgan fingerprint density at radius 2 is 1.61 bits per heavy atom. The van der Waals surface area contributed by atoms with E-state index in [-0.39, 0.29) is 11.5 Å². The highest BCUT2D eigenvalue weighted by Crippen LogP contribution is 2.40. The van der Waals surface area contributed by atoms with Gasteiger partial charge >= 0.3 is 7.12 Å². The van der Waals surface area contributed by atoms with Gasteiger partial charge < -0.3 is 9.31 Å². The van der Waals surface area contributed by atoms with E-state index in [2.05, 4.69) is 6.58 Å². The minimum atomic E-state index is -0.528. The van der Waals surface area contributed by atoms with Crippen molar-refractivity contribution in [3.63, 3.8) is 0 Å². The smallest absolute Gasteiger partial charge is 0.399 e. The Bertz CT molecular complexity index is 1040. The van der Waals surface area contributed by atoms with Crippen molar-refractivity contribution in [3.8, 4) is 0 Å². The van der Waals surface area contributed by atoms with Crippen LogP contribution in [0.25, 0.3) is 0 Å². The molecule has 160 valence electrons. The predicted molar refractivity (Wildman–Crippen MR) is 122 cm³/mol. The van der Waals surface area contributed by atoms with Crippen molar-refractivity contribution in [1.29, 1.82) is 0 Å². The van der Waals surface area contributed by atoms with Gasteiger partial charge in [-0.2, -0.15) is 0 Å². The first kappa shape index (κ1) is 22.7. The van der Waals surface area contributed by atoms with Crippen LogP contribution in [0.1, 0.15) is 45.0 Å². The fraction of sp³-hybridized carbons (Fsp3) is 0.292. The molecule has 0 atom stereocenters. The fourth-order valence-electron chi connectivity index (χ4n) is 3.25. The summed E-state index contributed by atoms with van der Waals surface area (Å²) in [6.45, 7) is 14.0. The van der Waals surface area contributed by atoms with Gasteiger partial charge in [0.05, 0.1) is 16.1 Å². The van der Waals surface area contributed by atoms with Gasteiger partial charge in [0.25, 0.3) is 5.69 Å². The monoisotopic (exact) mass is 419 g/mol. The Kier molecular flexibility index (Phi) is 6.03. The SMILES string of the molecule is C=C1\C=C/C=C(B2OC(C)(C)C(C)(C)O2)\C(C)=C\C=C/1C(=O)c1ccc([N+](=O)[O-])cc1. The Labute approximate surface area is 182 Å². The zero-order valence-corrected chi connectivity index (χ0v) is 18.5. The van der Waals surface area contributed by atoms with Crippen LogP contribution in [0.15, 0.2) is 83.4 Å². The van der Waals surface area contributed by atoms with Gasteiger partial charge in [-0.05, 0) is 57.8 Å². The average Bonchev–Trinajstić information content (AvgIpc) is 2.94. The van der Waals surface area contributed by atoms with E-state index >= 15 is 0 Å². The number of allylic oxidation sites excluding steroid dienone is 9. The third-order valence-electron chi connectivity index (χ3n) is 5.97. The van der Waals surface area contributed by atoms with Gasteiger partial charge in [-0.15, -0.1) is 0 Å². The molecular formula is C24H26BNO5. The lowest BCUT2D eigenvalue weighted by molar-refractivity contribution is -0.384. The third-order valence-corrected chi connectivity index (χ3v) is 5.97. The minimum absolute atomic E-state index is 0.0642. The van der Waals surface area contributed by atoms with E-state index in [0.717, 1.165) is 11.0 Å². The quantitative estimate of drug-likeness (QED) is 0.285. The first-order valence-electron chi connectivity index (χ1n) is 10.0. The fourth-order valence-corrected chi connectivity index (χ4v) is 3.25. The molecular weight excluding hydrogens is 393 g/mol. The van der Waals surface area contributed by atoms with Gasteiger partial charge in [0.15, 0.2) is 5.78 Å². The summed E-state index contributed by atoms with van der Waals surface area (Å²) in [5, 5.41) is 10.9. The predicted octanol–water partition coefficient (Wildman–Crippen LogP) is 5.33. The molecule has 0 unspecified atom stereocenters. The van der Waals surface area contributed by atoms with Gasteiger partial charge in [-0.3, -0.25) is 14.9 Å². The highest BCUT2D eigenvalue weighted by molar-refractivity contribution is 6.56. The molecule has 0 saturated carbocycles. The molecule has 0 amide bonds. The van der Waals surface area contributed by atoms with Crippen LogP contribution >= 0.6 is 0 Å². The first-order valence-corrected chi connectivity index (χ1v) is 10.0. The van der Waals surface area contributed by atoms with Gasteiger partial charge in [0.2, 0.25) is 0 Å². The zero-order chi connectivity index (χ0) is 23.0. The van der Waals surface area contributed by atoms with Crippen molar-refractivity contribution in [1.82, 2.24) is 0 Å². The van der Waals surface area contributed by atoms with E-state index in [9.17, 15) is 14.9 Å². The molecule has 1 saturated heterocycles. The van der Waals surface area contributed by atoms with Gasteiger partial charge in [0, 0.05) is 23.3 Å². The van der Waals surface area contributed by atoms with E-state index in [1.54, 1.807) is 12.2 Å². The van der Waals surface area contributed by atoms with Gasteiger partial charge in [0.1, 0.15) is 0 Å². The second-order valence-corrected chi connectivity index (χ2v) is 8.66. The number of benzene rings is 1. The molecule has 0 radical (unpaired) electrons. The number of hydrogen-bond donors (Lipinski definition) is 0. The van der Waals surface area contributed by atoms with Crippen molar-refractivity contribution in [2.45, 2.75) is 45.8 Å². The second-order valence-electron chi connectivity index (χ2n) is 8.66. The lowest BCUT2D eigenvalue weighted by Gasteiger charge is -2.32. The van der Waals surface area contributed by atoms with Crippen LogP contribution < -0.4 is 0 Å². The molecule has 1 aromatic rings. The number of nitro groups is 1. The normalized spacial score (nSPS) is 26.3. The van der Waals surface area contributed by atoms with E-state index in [1.807, 2.05) is 52.8 Å². The first-order chi connectivity index (χ1) is 14.4. The van der Waals surface area contributed by atoms with Crippen molar-refractivity contribution in [2.24, 2.45) is 0 Å². The maximum atomic E-state index is 13.1. The second kappa shape index (κ2) is 8.25. The summed E-state index contributed by atoms with van der Waals surface area (Å²) in [7, 11) is -0.528. The zero-order valence-electron chi connectivity index (χ0n) is 18.5. The summed E-state index contributed by atoms with van der Waals surface area (Å²) >= 11 is 0. The number of rotatable bonds is 4. The molecule has 0 spiro atoms. The van der Waals surface area contributed by atoms with Crippen molar-refractivity contribution < 1.29 is 19.0 Å². The Hall–Kier alpha value is -3.03. The number of hydrogen-bond acceptors (Lipinski definition) is 5. The lowest BCUT2D eigenvalue weighted by Crippen LogP contribution is -2.41. The minimum Gasteiger partial charge on any atom is -0.399 e. The number of ketones is 1. The topological polar surface area (TPSA) is 78.7 Å². The number of Topliss-reactive ketones (excluding diaryl/α,β-unsaturated/α-hetero) is 1. The van der Waals surface area contributed by atoms with Crippen LogP contribution in [-0.2, 0) is 9.31 Å². The molecule has 1 aliphatic carbocycles. The Morgan fingerprint density at radius 1 is 1.03 bits per heavy atom. The highest BCUT2D eigenvalue weighted by Gasteiger charge is 2.52. The molecule has 0 aromatic heterocycles.